The number of nitrogens with one attached hydrogen (secondary N) is 1. The second kappa shape index (κ2) is 6.74. The van der Waals surface area contributed by atoms with Crippen LogP contribution in [0.4, 0.5) is 11.4 Å². The maximum Gasteiger partial charge on any atom is 0.327 e. The number of nitrogens with two attached hydrogens (primary N) is 1. The average Bonchev–Trinajstić information content (AvgIpc) is 2.38. The first-order valence-electron chi connectivity index (χ1n) is 5.95. The summed E-state index contributed by atoms with van der Waals surface area (Å²) in [5.74, 6) is 0.285. The summed E-state index contributed by atoms with van der Waals surface area (Å²) in [6, 6.07) is 4.97. The van der Waals surface area contributed by atoms with Crippen LogP contribution in [0.15, 0.2) is 18.2 Å². The van der Waals surface area contributed by atoms with Gasteiger partial charge in [-0.3, -0.25) is 0 Å². The molecular formula is C13H20N2O3. The number of ether oxygens (including phenoxy) is 2. The van der Waals surface area contributed by atoms with Crippen molar-refractivity contribution in [3.05, 3.63) is 18.2 Å². The Morgan fingerprint density at radius 1 is 1.50 bits per heavy atom. The molecule has 0 radical (unpaired) electrons. The van der Waals surface area contributed by atoms with Gasteiger partial charge in [0.1, 0.15) is 11.8 Å². The van der Waals surface area contributed by atoms with Crippen LogP contribution in [0.1, 0.15) is 20.3 Å². The first-order chi connectivity index (χ1) is 8.60. The number of hydrogen-bond acceptors (Lipinski definition) is 5. The largest absolute Gasteiger partial charge is 0.491 e. The van der Waals surface area contributed by atoms with Gasteiger partial charge in [-0.2, -0.15) is 0 Å². The number of para-hydroxylation sites is 1. The van der Waals surface area contributed by atoms with Gasteiger partial charge in [-0.15, -0.1) is 0 Å². The van der Waals surface area contributed by atoms with Gasteiger partial charge in [0.05, 0.1) is 25.1 Å². The van der Waals surface area contributed by atoms with Crippen LogP contribution in [0.25, 0.3) is 0 Å². The van der Waals surface area contributed by atoms with Crippen molar-refractivity contribution in [1.82, 2.24) is 0 Å². The molecule has 0 saturated heterocycles. The highest BCUT2D eigenvalue weighted by Crippen LogP contribution is 2.29. The van der Waals surface area contributed by atoms with Gasteiger partial charge in [0.25, 0.3) is 0 Å². The van der Waals surface area contributed by atoms with Gasteiger partial charge in [-0.1, -0.05) is 13.0 Å². The van der Waals surface area contributed by atoms with Gasteiger partial charge in [0, 0.05) is 0 Å². The Morgan fingerprint density at radius 2 is 2.22 bits per heavy atom. The minimum atomic E-state index is -0.460. The molecule has 5 heteroatoms. The second-order valence-corrected chi connectivity index (χ2v) is 3.96. The van der Waals surface area contributed by atoms with Crippen molar-refractivity contribution in [3.8, 4) is 5.75 Å². The number of benzene rings is 1. The van der Waals surface area contributed by atoms with Crippen LogP contribution in [0.5, 0.6) is 5.75 Å². The summed E-state index contributed by atoms with van der Waals surface area (Å²) in [6.07, 6.45) is 0.912. The molecule has 0 fully saturated rings. The number of carbonyl (C=O) groups is 1. The summed E-state index contributed by atoms with van der Waals surface area (Å²) >= 11 is 0. The number of hydrogen-bond donors (Lipinski definition) is 2. The topological polar surface area (TPSA) is 73.6 Å². The van der Waals surface area contributed by atoms with E-state index in [0.29, 0.717) is 23.7 Å². The highest BCUT2D eigenvalue weighted by atomic mass is 16.5. The molecule has 0 aliphatic heterocycles. The zero-order valence-electron chi connectivity index (χ0n) is 11.0. The van der Waals surface area contributed by atoms with E-state index in [4.69, 9.17) is 10.5 Å². The van der Waals surface area contributed by atoms with Crippen LogP contribution in [0, 0.1) is 0 Å². The van der Waals surface area contributed by atoms with Gasteiger partial charge in [0.15, 0.2) is 0 Å². The molecule has 0 spiro atoms. The molecule has 18 heavy (non-hydrogen) atoms. The standard InChI is InChI=1S/C13H20N2O3/c1-4-8-18-11-7-5-6-10(12(11)14)15-9(2)13(16)17-3/h5-7,9,15H,4,8,14H2,1-3H3. The molecule has 0 aliphatic rings. The van der Waals surface area contributed by atoms with Crippen molar-refractivity contribution in [2.45, 2.75) is 26.3 Å². The number of anilines is 2. The Balaban J connectivity index is 2.80. The summed E-state index contributed by atoms with van der Waals surface area (Å²) in [4.78, 5) is 11.3. The monoisotopic (exact) mass is 252 g/mol. The molecule has 0 saturated carbocycles. The third-order valence-corrected chi connectivity index (χ3v) is 2.45. The molecule has 0 heterocycles. The van der Waals surface area contributed by atoms with Crippen molar-refractivity contribution in [3.63, 3.8) is 0 Å². The lowest BCUT2D eigenvalue weighted by Crippen LogP contribution is -2.27. The smallest absolute Gasteiger partial charge is 0.327 e. The lowest BCUT2D eigenvalue weighted by Gasteiger charge is -2.16. The normalized spacial score (nSPS) is 11.7. The van der Waals surface area contributed by atoms with Crippen LogP contribution >= 0.6 is 0 Å². The van der Waals surface area contributed by atoms with Crippen LogP contribution in [0.2, 0.25) is 0 Å². The predicted molar refractivity (Wildman–Crippen MR) is 71.7 cm³/mol. The summed E-state index contributed by atoms with van der Waals surface area (Å²) in [5.41, 5.74) is 7.14. The molecule has 0 aliphatic carbocycles. The second-order valence-electron chi connectivity index (χ2n) is 3.96. The van der Waals surface area contributed by atoms with Gasteiger partial charge < -0.3 is 20.5 Å². The highest BCUT2D eigenvalue weighted by Gasteiger charge is 2.15. The van der Waals surface area contributed by atoms with Crippen molar-refractivity contribution < 1.29 is 14.3 Å². The van der Waals surface area contributed by atoms with E-state index in [2.05, 4.69) is 10.1 Å². The Kier molecular flexibility index (Phi) is 5.30. The van der Waals surface area contributed by atoms with Crippen molar-refractivity contribution in [2.24, 2.45) is 0 Å². The maximum absolute atomic E-state index is 11.3. The van der Waals surface area contributed by atoms with Gasteiger partial charge >= 0.3 is 5.97 Å². The Bertz CT molecular complexity index is 407. The van der Waals surface area contributed by atoms with E-state index in [9.17, 15) is 4.79 Å². The molecule has 1 rings (SSSR count). The summed E-state index contributed by atoms with van der Waals surface area (Å²) in [7, 11) is 1.35. The van der Waals surface area contributed by atoms with Crippen LogP contribution < -0.4 is 15.8 Å². The molecule has 1 unspecified atom stereocenters. The minimum Gasteiger partial charge on any atom is -0.491 e. The number of nitrogen functional groups attached to an aromatic ring is 1. The number of rotatable bonds is 6. The molecule has 1 aromatic carbocycles. The first kappa shape index (κ1) is 14.2. The molecule has 100 valence electrons. The van der Waals surface area contributed by atoms with Crippen LogP contribution in [0.3, 0.4) is 0 Å². The van der Waals surface area contributed by atoms with E-state index in [-0.39, 0.29) is 5.97 Å². The zero-order valence-corrected chi connectivity index (χ0v) is 11.0. The van der Waals surface area contributed by atoms with E-state index in [1.807, 2.05) is 13.0 Å². The Morgan fingerprint density at radius 3 is 2.83 bits per heavy atom. The highest BCUT2D eigenvalue weighted by molar-refractivity contribution is 5.82. The minimum absolute atomic E-state index is 0.339. The summed E-state index contributed by atoms with van der Waals surface area (Å²) in [5, 5.41) is 3.00. The van der Waals surface area contributed by atoms with Crippen molar-refractivity contribution in [1.29, 1.82) is 0 Å². The first-order valence-corrected chi connectivity index (χ1v) is 5.95. The third-order valence-electron chi connectivity index (χ3n) is 2.45. The predicted octanol–water partition coefficient (Wildman–Crippen LogP) is 2.03. The number of carbonyl (C=O) groups excluding carboxylic acids is 1. The van der Waals surface area contributed by atoms with Crippen LogP contribution in [-0.4, -0.2) is 25.7 Å². The van der Waals surface area contributed by atoms with Crippen molar-refractivity contribution >= 4 is 17.3 Å². The fraction of sp³-hybridized carbons (Fsp3) is 0.462. The zero-order chi connectivity index (χ0) is 13.5. The third kappa shape index (κ3) is 3.55. The van der Waals surface area contributed by atoms with Gasteiger partial charge in [-0.05, 0) is 25.5 Å². The van der Waals surface area contributed by atoms with E-state index in [1.165, 1.54) is 7.11 Å². The quantitative estimate of drug-likeness (QED) is 0.598. The molecular weight excluding hydrogens is 232 g/mol. The molecule has 5 nitrogen and oxygen atoms in total. The molecule has 0 bridgehead atoms. The fourth-order valence-electron chi connectivity index (χ4n) is 1.48. The lowest BCUT2D eigenvalue weighted by molar-refractivity contribution is -0.141. The Labute approximate surface area is 107 Å². The van der Waals surface area contributed by atoms with Crippen LogP contribution in [-0.2, 0) is 9.53 Å². The van der Waals surface area contributed by atoms with E-state index in [1.54, 1.807) is 19.1 Å². The van der Waals surface area contributed by atoms with E-state index >= 15 is 0 Å². The lowest BCUT2D eigenvalue weighted by atomic mass is 10.2. The maximum atomic E-state index is 11.3. The van der Waals surface area contributed by atoms with Crippen molar-refractivity contribution in [2.75, 3.05) is 24.8 Å². The molecule has 0 amide bonds. The van der Waals surface area contributed by atoms with E-state index < -0.39 is 6.04 Å². The number of esters is 1. The summed E-state index contributed by atoms with van der Waals surface area (Å²) in [6.45, 7) is 4.35. The molecule has 0 aromatic heterocycles. The van der Waals surface area contributed by atoms with Gasteiger partial charge in [0.2, 0.25) is 0 Å². The number of methoxy groups -OCH3 is 1. The van der Waals surface area contributed by atoms with E-state index in [0.717, 1.165) is 6.42 Å². The molecule has 1 atom stereocenters. The SMILES string of the molecule is CCCOc1cccc(NC(C)C(=O)OC)c1N. The molecule has 3 N–H and O–H groups in total. The molecule has 1 aromatic rings. The summed E-state index contributed by atoms with van der Waals surface area (Å²) < 4.78 is 10.2. The van der Waals surface area contributed by atoms with Gasteiger partial charge in [-0.25, -0.2) is 4.79 Å². The fourth-order valence-corrected chi connectivity index (χ4v) is 1.48. The Hall–Kier alpha value is -1.91. The average molecular weight is 252 g/mol.